The number of nitrogens with one attached hydrogen (secondary N) is 1. The second-order valence-corrected chi connectivity index (χ2v) is 6.88. The zero-order chi connectivity index (χ0) is 19.4. The summed E-state index contributed by atoms with van der Waals surface area (Å²) in [6.45, 7) is 8.20. The van der Waals surface area contributed by atoms with Crippen LogP contribution in [0.15, 0.2) is 21.3 Å². The number of carbonyl (C=O) groups is 1. The van der Waals surface area contributed by atoms with Crippen LogP contribution < -0.4 is 10.9 Å². The van der Waals surface area contributed by atoms with Crippen LogP contribution in [-0.4, -0.2) is 55.3 Å². The topological polar surface area (TPSA) is 92.0 Å². The molecule has 2 aromatic rings. The molecule has 0 atom stereocenters. The summed E-state index contributed by atoms with van der Waals surface area (Å²) in [5, 5.41) is 13.5. The van der Waals surface area contributed by atoms with Gasteiger partial charge in [-0.05, 0) is 38.0 Å². The first-order valence-electron chi connectivity index (χ1n) is 9.29. The van der Waals surface area contributed by atoms with E-state index in [4.69, 9.17) is 9.15 Å². The molecule has 27 heavy (non-hydrogen) atoms. The van der Waals surface area contributed by atoms with Crippen LogP contribution in [0.1, 0.15) is 23.1 Å². The third kappa shape index (κ3) is 4.48. The molecule has 1 aliphatic rings. The summed E-state index contributed by atoms with van der Waals surface area (Å²) in [5.41, 5.74) is 1.80. The molecule has 1 aliphatic heterocycles. The molecule has 0 saturated carbocycles. The quantitative estimate of drug-likeness (QED) is 0.745. The molecule has 146 valence electrons. The van der Waals surface area contributed by atoms with Crippen molar-refractivity contribution in [1.29, 1.82) is 0 Å². The fourth-order valence-electron chi connectivity index (χ4n) is 3.37. The number of benzene rings is 1. The van der Waals surface area contributed by atoms with Crippen LogP contribution in [0, 0.1) is 13.8 Å². The van der Waals surface area contributed by atoms with E-state index < -0.39 is 5.63 Å². The fraction of sp³-hybridized carbons (Fsp3) is 0.500. The molecule has 2 heterocycles. The minimum Gasteiger partial charge on any atom is -0.508 e. The number of carbonyl (C=O) groups excluding carboxylic acids is 1. The molecule has 7 heteroatoms. The Balaban J connectivity index is 1.60. The minimum absolute atomic E-state index is 0.0796. The fourth-order valence-corrected chi connectivity index (χ4v) is 3.37. The van der Waals surface area contributed by atoms with Crippen LogP contribution in [0.2, 0.25) is 0 Å². The smallest absolute Gasteiger partial charge is 0.339 e. The van der Waals surface area contributed by atoms with Crippen LogP contribution >= 0.6 is 0 Å². The second kappa shape index (κ2) is 8.54. The molecule has 1 amide bonds. The van der Waals surface area contributed by atoms with Gasteiger partial charge < -0.3 is 19.6 Å². The van der Waals surface area contributed by atoms with E-state index in [-0.39, 0.29) is 18.1 Å². The maximum atomic E-state index is 12.4. The summed E-state index contributed by atoms with van der Waals surface area (Å²) in [5.74, 6) is 0.0153. The molecular weight excluding hydrogens is 348 g/mol. The van der Waals surface area contributed by atoms with Crippen LogP contribution in [-0.2, 0) is 16.0 Å². The molecule has 1 saturated heterocycles. The Bertz CT molecular complexity index is 884. The summed E-state index contributed by atoms with van der Waals surface area (Å²) in [6.07, 6.45) is 0.560. The summed E-state index contributed by atoms with van der Waals surface area (Å²) >= 11 is 0. The van der Waals surface area contributed by atoms with Gasteiger partial charge in [-0.15, -0.1) is 0 Å². The highest BCUT2D eigenvalue weighted by Gasteiger charge is 2.16. The standard InChI is InChI=1S/C20H26N2O5/c1-13-15-3-5-17(23)14(2)19(15)27-20(25)16(13)4-6-18(24)21-7-8-22-9-11-26-12-10-22/h3,5,23H,4,6-12H2,1-2H3,(H,21,24). The van der Waals surface area contributed by atoms with Crippen LogP contribution in [0.3, 0.4) is 0 Å². The Labute approximate surface area is 157 Å². The Morgan fingerprint density at radius 2 is 1.96 bits per heavy atom. The number of amides is 1. The molecule has 7 nitrogen and oxygen atoms in total. The minimum atomic E-state index is -0.449. The number of nitrogens with zero attached hydrogens (tertiary/aromatic N) is 1. The van der Waals surface area contributed by atoms with Crippen LogP contribution in [0.5, 0.6) is 5.75 Å². The third-order valence-corrected chi connectivity index (χ3v) is 5.13. The zero-order valence-electron chi connectivity index (χ0n) is 15.8. The molecule has 3 rings (SSSR count). The Morgan fingerprint density at radius 3 is 2.70 bits per heavy atom. The largest absolute Gasteiger partial charge is 0.508 e. The van der Waals surface area contributed by atoms with E-state index in [2.05, 4.69) is 10.2 Å². The molecule has 0 aliphatic carbocycles. The van der Waals surface area contributed by atoms with Crippen LogP contribution in [0.4, 0.5) is 0 Å². The highest BCUT2D eigenvalue weighted by atomic mass is 16.5. The van der Waals surface area contributed by atoms with E-state index in [1.165, 1.54) is 0 Å². The average molecular weight is 374 g/mol. The molecule has 1 aromatic heterocycles. The predicted molar refractivity (Wildman–Crippen MR) is 102 cm³/mol. The first-order valence-corrected chi connectivity index (χ1v) is 9.29. The lowest BCUT2D eigenvalue weighted by molar-refractivity contribution is -0.121. The van der Waals surface area contributed by atoms with Gasteiger partial charge in [0.2, 0.25) is 5.91 Å². The van der Waals surface area contributed by atoms with E-state index in [9.17, 15) is 14.7 Å². The van der Waals surface area contributed by atoms with Gasteiger partial charge in [0.05, 0.1) is 13.2 Å². The Kier molecular flexibility index (Phi) is 6.13. The predicted octanol–water partition coefficient (Wildman–Crippen LogP) is 1.50. The molecule has 1 fully saturated rings. The van der Waals surface area contributed by atoms with E-state index in [1.54, 1.807) is 19.1 Å². The van der Waals surface area contributed by atoms with Gasteiger partial charge in [0.1, 0.15) is 11.3 Å². The third-order valence-electron chi connectivity index (χ3n) is 5.13. The summed E-state index contributed by atoms with van der Waals surface area (Å²) < 4.78 is 10.7. The van der Waals surface area contributed by atoms with Gasteiger partial charge in [-0.2, -0.15) is 0 Å². The number of rotatable bonds is 6. The lowest BCUT2D eigenvalue weighted by atomic mass is 10.0. The van der Waals surface area contributed by atoms with E-state index in [0.29, 0.717) is 29.7 Å². The molecule has 1 aromatic carbocycles. The van der Waals surface area contributed by atoms with Crippen molar-refractivity contribution in [3.05, 3.63) is 39.2 Å². The highest BCUT2D eigenvalue weighted by molar-refractivity contribution is 5.85. The Hall–Kier alpha value is -2.38. The van der Waals surface area contributed by atoms with Gasteiger partial charge in [-0.3, -0.25) is 9.69 Å². The first-order chi connectivity index (χ1) is 13.0. The van der Waals surface area contributed by atoms with Crippen molar-refractivity contribution in [1.82, 2.24) is 10.2 Å². The molecule has 0 radical (unpaired) electrons. The maximum absolute atomic E-state index is 12.4. The lowest BCUT2D eigenvalue weighted by Crippen LogP contribution is -2.41. The Morgan fingerprint density at radius 1 is 1.22 bits per heavy atom. The van der Waals surface area contributed by atoms with Crippen molar-refractivity contribution in [2.75, 3.05) is 39.4 Å². The van der Waals surface area contributed by atoms with Crippen molar-refractivity contribution >= 4 is 16.9 Å². The number of hydrogen-bond acceptors (Lipinski definition) is 6. The van der Waals surface area contributed by atoms with Crippen LogP contribution in [0.25, 0.3) is 11.0 Å². The van der Waals surface area contributed by atoms with Crippen molar-refractivity contribution in [3.63, 3.8) is 0 Å². The molecule has 2 N–H and O–H groups in total. The van der Waals surface area contributed by atoms with Gasteiger partial charge in [0.25, 0.3) is 0 Å². The number of hydrogen-bond donors (Lipinski definition) is 2. The van der Waals surface area contributed by atoms with E-state index in [1.807, 2.05) is 6.92 Å². The second-order valence-electron chi connectivity index (χ2n) is 6.88. The van der Waals surface area contributed by atoms with Crippen molar-refractivity contribution < 1.29 is 19.1 Å². The SMILES string of the molecule is Cc1c(CCC(=O)NCCN2CCOCC2)c(=O)oc2c(C)c(O)ccc12. The lowest BCUT2D eigenvalue weighted by Gasteiger charge is -2.26. The average Bonchev–Trinajstić information content (AvgIpc) is 2.66. The van der Waals surface area contributed by atoms with Gasteiger partial charge >= 0.3 is 5.63 Å². The molecule has 0 spiro atoms. The van der Waals surface area contributed by atoms with Gasteiger partial charge in [0.15, 0.2) is 0 Å². The summed E-state index contributed by atoms with van der Waals surface area (Å²) in [4.78, 5) is 26.7. The number of fused-ring (bicyclic) bond motifs is 1. The number of ether oxygens (including phenoxy) is 1. The number of phenols is 1. The maximum Gasteiger partial charge on any atom is 0.339 e. The molecular formula is C20H26N2O5. The number of aromatic hydroxyl groups is 1. The van der Waals surface area contributed by atoms with Gasteiger partial charge in [-0.25, -0.2) is 4.79 Å². The van der Waals surface area contributed by atoms with Crippen molar-refractivity contribution in [2.24, 2.45) is 0 Å². The first kappa shape index (κ1) is 19.4. The summed E-state index contributed by atoms with van der Waals surface area (Å²) in [7, 11) is 0. The van der Waals surface area contributed by atoms with E-state index in [0.717, 1.165) is 43.8 Å². The molecule has 0 bridgehead atoms. The highest BCUT2D eigenvalue weighted by Crippen LogP contribution is 2.28. The zero-order valence-corrected chi connectivity index (χ0v) is 15.8. The monoisotopic (exact) mass is 374 g/mol. The number of phenolic OH excluding ortho intramolecular Hbond substituents is 1. The van der Waals surface area contributed by atoms with Gasteiger partial charge in [0, 0.05) is 49.1 Å². The number of aryl methyl sites for hydroxylation is 2. The summed E-state index contributed by atoms with van der Waals surface area (Å²) in [6, 6.07) is 3.33. The van der Waals surface area contributed by atoms with Crippen molar-refractivity contribution in [3.8, 4) is 5.75 Å². The molecule has 0 unspecified atom stereocenters. The number of morpholine rings is 1. The van der Waals surface area contributed by atoms with Gasteiger partial charge in [-0.1, -0.05) is 0 Å². The normalized spacial score (nSPS) is 15.2. The van der Waals surface area contributed by atoms with Crippen molar-refractivity contribution in [2.45, 2.75) is 26.7 Å². The van der Waals surface area contributed by atoms with E-state index >= 15 is 0 Å².